The zero-order valence-electron chi connectivity index (χ0n) is 19.5. The highest BCUT2D eigenvalue weighted by Crippen LogP contribution is 2.49. The number of fused-ring (bicyclic) bond motifs is 3. The Morgan fingerprint density at radius 2 is 1.22 bits per heavy atom. The molecule has 0 bridgehead atoms. The van der Waals surface area contributed by atoms with Crippen LogP contribution in [0.25, 0.3) is 21.8 Å². The Hall–Kier alpha value is -4.77. The van der Waals surface area contributed by atoms with Crippen molar-refractivity contribution in [3.8, 4) is 0 Å². The average Bonchev–Trinajstić information content (AvgIpc) is 3.57. The lowest BCUT2D eigenvalue weighted by Gasteiger charge is -2.43. The number of hydrogen-bond donors (Lipinski definition) is 3. The second kappa shape index (κ2) is 8.17. The Labute approximate surface area is 208 Å². The van der Waals surface area contributed by atoms with Crippen LogP contribution in [0.1, 0.15) is 33.6 Å². The van der Waals surface area contributed by atoms with Crippen molar-refractivity contribution in [2.45, 2.75) is 12.1 Å². The van der Waals surface area contributed by atoms with Gasteiger partial charge in [0.2, 0.25) is 0 Å². The molecule has 0 saturated carbocycles. The Morgan fingerprint density at radius 1 is 0.639 bits per heavy atom. The Balaban J connectivity index is 1.51. The van der Waals surface area contributed by atoms with Gasteiger partial charge in [0, 0.05) is 50.9 Å². The zero-order valence-corrected chi connectivity index (χ0v) is 19.5. The molecule has 0 saturated heterocycles. The molecule has 36 heavy (non-hydrogen) atoms. The molecule has 174 valence electrons. The van der Waals surface area contributed by atoms with Gasteiger partial charge in [0.15, 0.2) is 0 Å². The summed E-state index contributed by atoms with van der Waals surface area (Å²) in [6.07, 6.45) is 4.13. The average molecular weight is 469 g/mol. The summed E-state index contributed by atoms with van der Waals surface area (Å²) in [5.74, 6) is -0.0235. The van der Waals surface area contributed by atoms with E-state index in [2.05, 4.69) is 58.0 Å². The molecule has 0 fully saturated rings. The van der Waals surface area contributed by atoms with E-state index in [1.165, 1.54) is 0 Å². The van der Waals surface area contributed by atoms with Gasteiger partial charge in [-0.15, -0.1) is 0 Å². The molecule has 5 heteroatoms. The van der Waals surface area contributed by atoms with Gasteiger partial charge in [-0.05, 0) is 36.4 Å². The van der Waals surface area contributed by atoms with Crippen LogP contribution in [-0.4, -0.2) is 15.9 Å². The molecule has 0 spiro atoms. The minimum Gasteiger partial charge on any atom is -0.374 e. The van der Waals surface area contributed by atoms with Crippen LogP contribution in [0.4, 0.5) is 11.4 Å². The standard InChI is InChI=1S/C31H24N4O/c36-31(20-10-2-1-3-11-20)35-28-17-9-8-16-27(28)34-29(23-18-32-25-14-6-4-12-21(23)25)30(35)24-19-33-26-15-7-5-13-22(24)26/h1-19,29-30,32-34H/t29-,30-/m0/s1. The number of amides is 1. The maximum absolute atomic E-state index is 14.3. The molecule has 0 unspecified atom stereocenters. The molecule has 4 aromatic carbocycles. The molecule has 3 heterocycles. The number of aromatic amines is 2. The van der Waals surface area contributed by atoms with E-state index in [9.17, 15) is 4.79 Å². The Bertz CT molecular complexity index is 1710. The first-order valence-electron chi connectivity index (χ1n) is 12.2. The van der Waals surface area contributed by atoms with E-state index in [0.29, 0.717) is 5.56 Å². The molecule has 5 nitrogen and oxygen atoms in total. The highest BCUT2D eigenvalue weighted by Gasteiger charge is 2.41. The van der Waals surface area contributed by atoms with E-state index in [0.717, 1.165) is 44.3 Å². The number of aromatic nitrogens is 2. The Morgan fingerprint density at radius 3 is 1.97 bits per heavy atom. The summed E-state index contributed by atoms with van der Waals surface area (Å²) in [4.78, 5) is 23.1. The SMILES string of the molecule is O=C(c1ccccc1)N1c2ccccc2N[C@@H](c2c[nH]c3ccccc23)[C@@H]1c1c[nH]c2ccccc12. The number of rotatable bonds is 3. The van der Waals surface area contributed by atoms with Crippen molar-refractivity contribution in [3.05, 3.63) is 132 Å². The fourth-order valence-corrected chi connectivity index (χ4v) is 5.56. The third-order valence-corrected chi connectivity index (χ3v) is 7.20. The quantitative estimate of drug-likeness (QED) is 0.257. The minimum atomic E-state index is -0.289. The number of carbonyl (C=O) groups excluding carboxylic acids is 1. The smallest absolute Gasteiger partial charge is 0.259 e. The van der Waals surface area contributed by atoms with E-state index >= 15 is 0 Å². The molecule has 1 aliphatic rings. The second-order valence-electron chi connectivity index (χ2n) is 9.20. The molecule has 2 atom stereocenters. The molecule has 1 amide bonds. The van der Waals surface area contributed by atoms with Gasteiger partial charge < -0.3 is 15.3 Å². The van der Waals surface area contributed by atoms with Crippen molar-refractivity contribution in [2.75, 3.05) is 10.2 Å². The van der Waals surface area contributed by atoms with Gasteiger partial charge >= 0.3 is 0 Å². The number of nitrogens with zero attached hydrogens (tertiary/aromatic N) is 1. The largest absolute Gasteiger partial charge is 0.374 e. The highest BCUT2D eigenvalue weighted by molar-refractivity contribution is 6.09. The summed E-state index contributed by atoms with van der Waals surface area (Å²) >= 11 is 0. The predicted octanol–water partition coefficient (Wildman–Crippen LogP) is 7.20. The first kappa shape index (κ1) is 20.6. The fourth-order valence-electron chi connectivity index (χ4n) is 5.56. The summed E-state index contributed by atoms with van der Waals surface area (Å²) in [7, 11) is 0. The molecule has 6 aromatic rings. The van der Waals surface area contributed by atoms with Crippen LogP contribution in [0, 0.1) is 0 Å². The molecule has 0 aliphatic carbocycles. The number of carbonyl (C=O) groups is 1. The summed E-state index contributed by atoms with van der Waals surface area (Å²) in [5.41, 5.74) is 6.80. The lowest BCUT2D eigenvalue weighted by molar-refractivity contribution is 0.0972. The van der Waals surface area contributed by atoms with Gasteiger partial charge in [-0.25, -0.2) is 0 Å². The van der Waals surface area contributed by atoms with Crippen molar-refractivity contribution < 1.29 is 4.79 Å². The van der Waals surface area contributed by atoms with Crippen LogP contribution in [0.2, 0.25) is 0 Å². The van der Waals surface area contributed by atoms with Crippen LogP contribution >= 0.6 is 0 Å². The molecular formula is C31H24N4O. The van der Waals surface area contributed by atoms with E-state index in [-0.39, 0.29) is 18.0 Å². The zero-order chi connectivity index (χ0) is 24.1. The van der Waals surface area contributed by atoms with Gasteiger partial charge in [0.05, 0.1) is 23.5 Å². The maximum Gasteiger partial charge on any atom is 0.259 e. The van der Waals surface area contributed by atoms with E-state index in [1.54, 1.807) is 0 Å². The van der Waals surface area contributed by atoms with Crippen LogP contribution in [0.15, 0.2) is 116 Å². The van der Waals surface area contributed by atoms with Crippen molar-refractivity contribution in [1.29, 1.82) is 0 Å². The summed E-state index contributed by atoms with van der Waals surface area (Å²) in [6, 6.07) is 33.8. The molecule has 2 aromatic heterocycles. The lowest BCUT2D eigenvalue weighted by Crippen LogP contribution is -2.43. The highest BCUT2D eigenvalue weighted by atomic mass is 16.2. The van der Waals surface area contributed by atoms with E-state index in [1.807, 2.05) is 77.7 Å². The van der Waals surface area contributed by atoms with Crippen molar-refractivity contribution in [3.63, 3.8) is 0 Å². The molecular weight excluding hydrogens is 444 g/mol. The summed E-state index contributed by atoms with van der Waals surface area (Å²) in [5, 5.41) is 6.06. The molecule has 1 aliphatic heterocycles. The predicted molar refractivity (Wildman–Crippen MR) is 145 cm³/mol. The summed E-state index contributed by atoms with van der Waals surface area (Å²) in [6.45, 7) is 0. The van der Waals surface area contributed by atoms with Gasteiger partial charge in [-0.1, -0.05) is 66.7 Å². The van der Waals surface area contributed by atoms with Crippen LogP contribution < -0.4 is 10.2 Å². The molecule has 0 radical (unpaired) electrons. The second-order valence-corrected chi connectivity index (χ2v) is 9.20. The van der Waals surface area contributed by atoms with Crippen LogP contribution in [-0.2, 0) is 0 Å². The van der Waals surface area contributed by atoms with Gasteiger partial charge in [0.25, 0.3) is 5.91 Å². The first-order valence-corrected chi connectivity index (χ1v) is 12.2. The van der Waals surface area contributed by atoms with Crippen molar-refractivity contribution >= 4 is 39.1 Å². The van der Waals surface area contributed by atoms with Gasteiger partial charge in [-0.2, -0.15) is 0 Å². The van der Waals surface area contributed by atoms with Crippen molar-refractivity contribution in [1.82, 2.24) is 9.97 Å². The number of anilines is 2. The molecule has 3 N–H and O–H groups in total. The minimum absolute atomic E-state index is 0.0235. The molecule has 7 rings (SSSR count). The van der Waals surface area contributed by atoms with Gasteiger partial charge in [0.1, 0.15) is 0 Å². The number of para-hydroxylation sites is 4. The summed E-state index contributed by atoms with van der Waals surface area (Å²) < 4.78 is 0. The van der Waals surface area contributed by atoms with Gasteiger partial charge in [-0.3, -0.25) is 9.69 Å². The number of H-pyrrole nitrogens is 2. The number of nitrogens with one attached hydrogen (secondary N) is 3. The third-order valence-electron chi connectivity index (χ3n) is 7.20. The number of benzene rings is 4. The van der Waals surface area contributed by atoms with E-state index < -0.39 is 0 Å². The lowest BCUT2D eigenvalue weighted by atomic mass is 9.88. The maximum atomic E-state index is 14.3. The normalized spacial score (nSPS) is 17.2. The monoisotopic (exact) mass is 468 g/mol. The topological polar surface area (TPSA) is 63.9 Å². The van der Waals surface area contributed by atoms with Crippen LogP contribution in [0.3, 0.4) is 0 Å². The fraction of sp³-hybridized carbons (Fsp3) is 0.0645. The van der Waals surface area contributed by atoms with Crippen molar-refractivity contribution in [2.24, 2.45) is 0 Å². The first-order chi connectivity index (χ1) is 17.8. The van der Waals surface area contributed by atoms with Crippen LogP contribution in [0.5, 0.6) is 0 Å². The third kappa shape index (κ3) is 3.13. The Kier molecular flexibility index (Phi) is 4.67. The number of hydrogen-bond acceptors (Lipinski definition) is 2. The van der Waals surface area contributed by atoms with E-state index in [4.69, 9.17) is 0 Å².